The number of aromatic nitrogens is 2. The van der Waals surface area contributed by atoms with Gasteiger partial charge in [-0.25, -0.2) is 4.68 Å². The Bertz CT molecular complexity index is 1160. The number of hydrogen-bond acceptors (Lipinski definition) is 6. The van der Waals surface area contributed by atoms with Crippen molar-refractivity contribution in [2.45, 2.75) is 6.92 Å². The number of benzene rings is 1. The molecule has 0 bridgehead atoms. The molecule has 0 unspecified atom stereocenters. The minimum atomic E-state index is -0.167. The van der Waals surface area contributed by atoms with Crippen LogP contribution in [0.25, 0.3) is 11.3 Å². The molecular weight excluding hydrogens is 386 g/mol. The van der Waals surface area contributed by atoms with Crippen molar-refractivity contribution in [1.29, 1.82) is 0 Å². The Hall–Kier alpha value is -3.52. The molecule has 1 amide bonds. The third-order valence-corrected chi connectivity index (χ3v) is 5.13. The molecule has 29 heavy (non-hydrogen) atoms. The highest BCUT2D eigenvalue weighted by atomic mass is 32.1. The zero-order chi connectivity index (χ0) is 20.2. The molecular formula is C21H19N5O2S. The number of carbonyl (C=O) groups excluding carboxylic acids is 1. The Morgan fingerprint density at radius 2 is 2.34 bits per heavy atom. The second kappa shape index (κ2) is 8.24. The predicted octanol–water partition coefficient (Wildman–Crippen LogP) is 3.30. The van der Waals surface area contributed by atoms with Crippen molar-refractivity contribution in [3.8, 4) is 17.0 Å². The molecule has 3 heterocycles. The molecule has 1 aromatic carbocycles. The average Bonchev–Trinajstić information content (AvgIpc) is 3.14. The molecule has 3 aromatic rings. The summed E-state index contributed by atoms with van der Waals surface area (Å²) < 4.78 is 7.27. The first-order chi connectivity index (χ1) is 14.2. The highest BCUT2D eigenvalue weighted by molar-refractivity contribution is 7.07. The summed E-state index contributed by atoms with van der Waals surface area (Å²) in [4.78, 5) is 21.2. The van der Waals surface area contributed by atoms with Crippen LogP contribution in [-0.4, -0.2) is 34.4 Å². The van der Waals surface area contributed by atoms with Gasteiger partial charge in [-0.1, -0.05) is 12.1 Å². The summed E-state index contributed by atoms with van der Waals surface area (Å²) in [5.41, 5.74) is 4.15. The Morgan fingerprint density at radius 1 is 1.45 bits per heavy atom. The van der Waals surface area contributed by atoms with E-state index in [0.717, 1.165) is 27.3 Å². The summed E-state index contributed by atoms with van der Waals surface area (Å²) >= 11 is 1.49. The first kappa shape index (κ1) is 18.8. The van der Waals surface area contributed by atoms with E-state index in [1.165, 1.54) is 11.3 Å². The SMILES string of the molecule is C=CCN=c1scc(-c2ccc3c(c2)NC(=O)CO3)n1N=C(C)c1cccnc1. The van der Waals surface area contributed by atoms with Crippen LogP contribution < -0.4 is 14.9 Å². The topological polar surface area (TPSA) is 80.9 Å². The molecule has 0 saturated carbocycles. The second-order valence-electron chi connectivity index (χ2n) is 6.32. The number of amides is 1. The monoisotopic (exact) mass is 405 g/mol. The second-order valence-corrected chi connectivity index (χ2v) is 7.16. The van der Waals surface area contributed by atoms with Crippen LogP contribution in [0.1, 0.15) is 12.5 Å². The number of carbonyl (C=O) groups is 1. The minimum Gasteiger partial charge on any atom is -0.482 e. The molecule has 0 fully saturated rings. The molecule has 1 aliphatic heterocycles. The molecule has 146 valence electrons. The van der Waals surface area contributed by atoms with Crippen LogP contribution in [0.4, 0.5) is 5.69 Å². The predicted molar refractivity (Wildman–Crippen MR) is 114 cm³/mol. The van der Waals surface area contributed by atoms with Gasteiger partial charge in [-0.3, -0.25) is 14.8 Å². The fourth-order valence-corrected chi connectivity index (χ4v) is 3.71. The zero-order valence-corrected chi connectivity index (χ0v) is 16.6. The van der Waals surface area contributed by atoms with E-state index in [1.807, 2.05) is 47.3 Å². The van der Waals surface area contributed by atoms with Crippen molar-refractivity contribution < 1.29 is 9.53 Å². The van der Waals surface area contributed by atoms with Crippen molar-refractivity contribution >= 4 is 28.6 Å². The Kier molecular flexibility index (Phi) is 5.35. The number of thiazole rings is 1. The fraction of sp³-hybridized carbons (Fsp3) is 0.143. The van der Waals surface area contributed by atoms with Crippen LogP contribution in [0.2, 0.25) is 0 Å². The Morgan fingerprint density at radius 3 is 3.14 bits per heavy atom. The molecule has 4 rings (SSSR count). The van der Waals surface area contributed by atoms with Crippen molar-refractivity contribution in [2.24, 2.45) is 10.1 Å². The van der Waals surface area contributed by atoms with Gasteiger partial charge in [-0.2, -0.15) is 5.10 Å². The molecule has 7 nitrogen and oxygen atoms in total. The van der Waals surface area contributed by atoms with Gasteiger partial charge in [0, 0.05) is 28.9 Å². The minimum absolute atomic E-state index is 0.0317. The summed E-state index contributed by atoms with van der Waals surface area (Å²) in [5.74, 6) is 0.488. The lowest BCUT2D eigenvalue weighted by atomic mass is 10.1. The van der Waals surface area contributed by atoms with E-state index >= 15 is 0 Å². The van der Waals surface area contributed by atoms with Crippen LogP contribution in [0, 0.1) is 0 Å². The van der Waals surface area contributed by atoms with Gasteiger partial charge in [-0.15, -0.1) is 17.9 Å². The van der Waals surface area contributed by atoms with Crippen molar-refractivity contribution in [3.63, 3.8) is 0 Å². The maximum Gasteiger partial charge on any atom is 0.262 e. The van der Waals surface area contributed by atoms with Crippen molar-refractivity contribution in [2.75, 3.05) is 18.5 Å². The number of anilines is 1. The van der Waals surface area contributed by atoms with Crippen LogP contribution in [0.5, 0.6) is 5.75 Å². The third kappa shape index (κ3) is 4.02. The quantitative estimate of drug-likeness (QED) is 0.522. The van der Waals surface area contributed by atoms with Crippen molar-refractivity contribution in [1.82, 2.24) is 9.66 Å². The van der Waals surface area contributed by atoms with Crippen LogP contribution in [0.3, 0.4) is 0 Å². The van der Waals surface area contributed by atoms with E-state index < -0.39 is 0 Å². The van der Waals surface area contributed by atoms with Gasteiger partial charge in [0.05, 0.1) is 23.6 Å². The van der Waals surface area contributed by atoms with E-state index in [2.05, 4.69) is 21.9 Å². The number of ether oxygens (including phenoxy) is 1. The zero-order valence-electron chi connectivity index (χ0n) is 15.8. The molecule has 8 heteroatoms. The normalized spacial score (nSPS) is 14.2. The average molecular weight is 405 g/mol. The standard InChI is InChI=1S/C21H19N5O2S/c1-3-8-23-21-26(25-14(2)16-5-4-9-22-11-16)18(13-29-21)15-6-7-19-17(10-15)24-20(27)12-28-19/h3-7,9-11,13H,1,8,12H2,2H3,(H,24,27). The summed E-state index contributed by atoms with van der Waals surface area (Å²) in [6.45, 7) is 6.20. The lowest BCUT2D eigenvalue weighted by Crippen LogP contribution is -2.25. The van der Waals surface area contributed by atoms with E-state index in [4.69, 9.17) is 9.84 Å². The Balaban J connectivity index is 1.83. The lowest BCUT2D eigenvalue weighted by molar-refractivity contribution is -0.118. The molecule has 0 saturated heterocycles. The van der Waals surface area contributed by atoms with Gasteiger partial charge in [0.2, 0.25) is 4.80 Å². The summed E-state index contributed by atoms with van der Waals surface area (Å²) in [6, 6.07) is 9.52. The maximum atomic E-state index is 11.7. The van der Waals surface area contributed by atoms with E-state index in [9.17, 15) is 4.79 Å². The summed E-state index contributed by atoms with van der Waals surface area (Å²) in [7, 11) is 0. The summed E-state index contributed by atoms with van der Waals surface area (Å²) in [6.07, 6.45) is 5.25. The molecule has 0 radical (unpaired) electrons. The first-order valence-corrected chi connectivity index (χ1v) is 9.88. The molecule has 1 aliphatic rings. The number of rotatable bonds is 5. The number of nitrogens with zero attached hydrogens (tertiary/aromatic N) is 4. The van der Waals surface area contributed by atoms with Gasteiger partial charge < -0.3 is 10.1 Å². The third-order valence-electron chi connectivity index (χ3n) is 4.28. The number of hydrogen-bond donors (Lipinski definition) is 1. The highest BCUT2D eigenvalue weighted by Crippen LogP contribution is 2.32. The van der Waals surface area contributed by atoms with Gasteiger partial charge in [0.1, 0.15) is 5.75 Å². The fourth-order valence-electron chi connectivity index (χ4n) is 2.87. The maximum absolute atomic E-state index is 11.7. The molecule has 2 aromatic heterocycles. The Labute approximate surface area is 171 Å². The molecule has 0 spiro atoms. The van der Waals surface area contributed by atoms with Crippen molar-refractivity contribution in [3.05, 3.63) is 71.1 Å². The summed E-state index contributed by atoms with van der Waals surface area (Å²) in [5, 5.41) is 9.64. The molecule has 0 aliphatic carbocycles. The van der Waals surface area contributed by atoms with Gasteiger partial charge in [0.15, 0.2) is 6.61 Å². The van der Waals surface area contributed by atoms with Crippen LogP contribution >= 0.6 is 11.3 Å². The lowest BCUT2D eigenvalue weighted by Gasteiger charge is -2.18. The first-order valence-electron chi connectivity index (χ1n) is 9.00. The largest absolute Gasteiger partial charge is 0.482 e. The number of fused-ring (bicyclic) bond motifs is 1. The van der Waals surface area contributed by atoms with Gasteiger partial charge in [0.25, 0.3) is 5.91 Å². The van der Waals surface area contributed by atoms with Gasteiger partial charge >= 0.3 is 0 Å². The van der Waals surface area contributed by atoms with E-state index in [1.54, 1.807) is 18.5 Å². The van der Waals surface area contributed by atoms with Gasteiger partial charge in [-0.05, 0) is 31.2 Å². The molecule has 1 N–H and O–H groups in total. The number of pyridine rings is 1. The van der Waals surface area contributed by atoms with Crippen LogP contribution in [0.15, 0.2) is 70.9 Å². The smallest absolute Gasteiger partial charge is 0.262 e. The molecule has 0 atom stereocenters. The van der Waals surface area contributed by atoms with E-state index in [0.29, 0.717) is 18.0 Å². The van der Waals surface area contributed by atoms with Crippen LogP contribution in [-0.2, 0) is 4.79 Å². The van der Waals surface area contributed by atoms with E-state index in [-0.39, 0.29) is 12.5 Å². The number of nitrogens with one attached hydrogen (secondary N) is 1. The highest BCUT2D eigenvalue weighted by Gasteiger charge is 2.18.